The van der Waals surface area contributed by atoms with Gasteiger partial charge in [-0.2, -0.15) is 0 Å². The first kappa shape index (κ1) is 69.6. The lowest BCUT2D eigenvalue weighted by Crippen LogP contribution is -2.17. The Bertz CT molecular complexity index is 5860. The lowest BCUT2D eigenvalue weighted by atomic mass is 9.75. The smallest absolute Gasteiger partial charge is 0.356 e. The number of fused-ring (bicyclic) bond motifs is 12. The maximum Gasteiger partial charge on any atom is 0.356 e. The van der Waals surface area contributed by atoms with Crippen molar-refractivity contribution in [2.45, 2.75) is 103 Å². The van der Waals surface area contributed by atoms with Crippen LogP contribution in [0, 0.1) is 27.7 Å². The van der Waals surface area contributed by atoms with E-state index in [0.717, 1.165) is 0 Å². The Labute approximate surface area is 660 Å². The maximum absolute atomic E-state index is 14.4. The van der Waals surface area contributed by atoms with Gasteiger partial charge in [0.1, 0.15) is 68.8 Å². The highest BCUT2D eigenvalue weighted by Crippen LogP contribution is 2.62. The maximum atomic E-state index is 14.4. The fraction of sp³-hybridized carbons (Fsp3) is 0.222. The average Bonchev–Trinajstić information content (AvgIpc) is 1.50. The molecular weight excluding hydrogens is 1480 g/mol. The molecule has 0 amide bonds. The first-order valence-corrected chi connectivity index (χ1v) is 38.6. The van der Waals surface area contributed by atoms with E-state index in [1.54, 1.807) is 12.1 Å². The number of para-hydroxylation sites is 8. The van der Waals surface area contributed by atoms with Gasteiger partial charge < -0.3 is 56.8 Å². The molecule has 0 atom stereocenters. The van der Waals surface area contributed by atoms with Crippen LogP contribution in [-0.4, -0.2) is 100 Å². The molecule has 0 fully saturated rings. The van der Waals surface area contributed by atoms with Gasteiger partial charge >= 0.3 is 23.9 Å². The number of aromatic nitrogens is 10. The van der Waals surface area contributed by atoms with Crippen molar-refractivity contribution < 1.29 is 76.0 Å². The van der Waals surface area contributed by atoms with Crippen molar-refractivity contribution in [2.75, 3.05) is 26.4 Å². The molecule has 6 aliphatic heterocycles. The summed E-state index contributed by atoms with van der Waals surface area (Å²) in [6.07, 6.45) is 1.71. The number of ether oxygens (including phenoxy) is 12. The van der Waals surface area contributed by atoms with Crippen molar-refractivity contribution in [3.63, 3.8) is 0 Å². The van der Waals surface area contributed by atoms with Crippen LogP contribution in [0.15, 0.2) is 158 Å². The van der Waals surface area contributed by atoms with Crippen molar-refractivity contribution in [3.8, 4) is 93.0 Å². The Morgan fingerprint density at radius 1 is 0.233 bits per heavy atom. The fourth-order valence-corrected chi connectivity index (χ4v) is 17.0. The summed E-state index contributed by atoms with van der Waals surface area (Å²) >= 11 is 0. The van der Waals surface area contributed by atoms with E-state index < -0.39 is 47.5 Å². The minimum absolute atomic E-state index is 0.00109. The molecule has 116 heavy (non-hydrogen) atoms. The Morgan fingerprint density at radius 3 is 0.578 bits per heavy atom. The van der Waals surface area contributed by atoms with Gasteiger partial charge in [0.25, 0.3) is 47.0 Å². The molecule has 572 valence electrons. The van der Waals surface area contributed by atoms with Gasteiger partial charge in [-0.3, -0.25) is 0 Å². The predicted molar refractivity (Wildman–Crippen MR) is 417 cm³/mol. The normalized spacial score (nSPS) is 18.0. The summed E-state index contributed by atoms with van der Waals surface area (Å²) in [6.45, 7) is 7.16. The molecule has 12 heterocycles. The molecule has 0 saturated heterocycles. The molecule has 14 aromatic rings. The highest BCUT2D eigenvalue weighted by atomic mass is 16.6. The predicted octanol–water partition coefficient (Wildman–Crippen LogP) is 19.1. The number of carbonyl (C=O) groups excluding carboxylic acids is 4. The van der Waals surface area contributed by atoms with Crippen LogP contribution in [-0.2, 0) is 18.9 Å². The first-order valence-electron chi connectivity index (χ1n) is 38.6. The van der Waals surface area contributed by atoms with E-state index in [0.29, 0.717) is 157 Å². The van der Waals surface area contributed by atoms with Crippen LogP contribution >= 0.6 is 0 Å². The summed E-state index contributed by atoms with van der Waals surface area (Å²) in [6, 6.07) is 47.2. The van der Waals surface area contributed by atoms with Gasteiger partial charge in [-0.15, -0.1) is 0 Å². The van der Waals surface area contributed by atoms with E-state index in [-0.39, 0.29) is 148 Å². The fourth-order valence-electron chi connectivity index (χ4n) is 17.0. The monoisotopic (exact) mass is 1540 g/mol. The van der Waals surface area contributed by atoms with Gasteiger partial charge in [0.2, 0.25) is 0 Å². The summed E-state index contributed by atoms with van der Waals surface area (Å²) < 4.78 is 85.4. The highest BCUT2D eigenvalue weighted by Gasteiger charge is 2.43. The Morgan fingerprint density at radius 2 is 0.405 bits per heavy atom. The van der Waals surface area contributed by atoms with Gasteiger partial charge in [0.15, 0.2) is 0 Å². The zero-order chi connectivity index (χ0) is 78.1. The molecule has 26 heteroatoms. The van der Waals surface area contributed by atoms with Crippen LogP contribution in [0.1, 0.15) is 184 Å². The number of esters is 4. The number of pyridine rings is 2. The molecule has 0 spiro atoms. The second-order valence-corrected chi connectivity index (χ2v) is 29.6. The summed E-state index contributed by atoms with van der Waals surface area (Å²) in [5.74, 6) is -3.79. The molecule has 0 saturated carbocycles. The molecule has 0 unspecified atom stereocenters. The van der Waals surface area contributed by atoms with Crippen LogP contribution in [0.2, 0.25) is 0 Å². The van der Waals surface area contributed by atoms with Crippen molar-refractivity contribution in [3.05, 3.63) is 247 Å². The third-order valence-corrected chi connectivity index (χ3v) is 22.5. The van der Waals surface area contributed by atoms with Crippen LogP contribution in [0.25, 0.3) is 44.1 Å². The Kier molecular flexibility index (Phi) is 16.7. The van der Waals surface area contributed by atoms with Gasteiger partial charge in [-0.1, -0.05) is 60.7 Å². The zero-order valence-electron chi connectivity index (χ0n) is 62.8. The number of hydrogen-bond acceptors (Lipinski definition) is 26. The number of carbonyl (C=O) groups is 4. The van der Waals surface area contributed by atoms with Crippen molar-refractivity contribution in [1.29, 1.82) is 0 Å². The number of rotatable bonds is 0. The quantitative estimate of drug-likeness (QED) is 0.101. The van der Waals surface area contributed by atoms with E-state index in [4.69, 9.17) is 96.7 Å². The average molecular weight is 1540 g/mol. The van der Waals surface area contributed by atoms with Crippen LogP contribution in [0.5, 0.6) is 93.0 Å². The minimum Gasteiger partial charge on any atom is -0.461 e. The molecular formula is C90H66N10O16. The van der Waals surface area contributed by atoms with Crippen LogP contribution in [0.4, 0.5) is 0 Å². The van der Waals surface area contributed by atoms with Crippen molar-refractivity contribution in [1.82, 2.24) is 49.8 Å². The number of benzene rings is 8. The van der Waals surface area contributed by atoms with E-state index >= 15 is 0 Å². The van der Waals surface area contributed by atoms with Gasteiger partial charge in [0.05, 0.1) is 70.6 Å². The Balaban J connectivity index is 0.943. The molecule has 7 aliphatic rings. The zero-order valence-corrected chi connectivity index (χ0v) is 62.8. The minimum atomic E-state index is -0.810. The summed E-state index contributed by atoms with van der Waals surface area (Å²) in [4.78, 5) is 109. The molecule has 6 aromatic heterocycles. The number of cyclic esters (lactones) is 4. The second-order valence-electron chi connectivity index (χ2n) is 29.6. The molecule has 0 radical (unpaired) electrons. The molecule has 1 aliphatic carbocycles. The van der Waals surface area contributed by atoms with E-state index in [2.05, 4.69) is 34.2 Å². The molecule has 0 N–H and O–H groups in total. The SMILES string of the molecule is Cc1c2c3cc4c1Oc1nc5ccccc5nc1Oc1c5cc6c(c1C)Oc1nc7ccccc7nc1Oc1c7cc8c(c1C)Oc1nc9ccccc9nc1Oc1c(cc(c(c1C)Oc1nc9ccccc9nc1O2)C3CCCOC(=O)c1cccc(n1)C(=O)OCCCC45)C8CCCOC(=O)c1cccc(n1)C(=O)OCCCC76. The first-order chi connectivity index (χ1) is 56.7. The van der Waals surface area contributed by atoms with E-state index in [1.807, 2.05) is 125 Å². The number of nitrogens with zero attached hydrogens (tertiary/aromatic N) is 10. The number of hydrogen-bond donors (Lipinski definition) is 0. The third-order valence-electron chi connectivity index (χ3n) is 22.5. The van der Waals surface area contributed by atoms with E-state index in [1.165, 1.54) is 24.3 Å². The summed E-state index contributed by atoms with van der Waals surface area (Å²) in [7, 11) is 0. The third kappa shape index (κ3) is 11.9. The van der Waals surface area contributed by atoms with Crippen LogP contribution in [0.3, 0.4) is 0 Å². The van der Waals surface area contributed by atoms with Crippen molar-refractivity contribution >= 4 is 68.0 Å². The molecule has 21 rings (SSSR count). The lowest BCUT2D eigenvalue weighted by Gasteiger charge is -2.32. The molecule has 16 bridgehead atoms. The van der Waals surface area contributed by atoms with Crippen molar-refractivity contribution in [2.24, 2.45) is 0 Å². The topological polar surface area (TPSA) is 308 Å². The van der Waals surface area contributed by atoms with Gasteiger partial charge in [0, 0.05) is 90.4 Å². The Hall–Kier alpha value is -14.3. The summed E-state index contributed by atoms with van der Waals surface area (Å²) in [5, 5.41) is 0. The highest BCUT2D eigenvalue weighted by molar-refractivity contribution is 5.93. The summed E-state index contributed by atoms with van der Waals surface area (Å²) in [5.41, 5.74) is 10.4. The van der Waals surface area contributed by atoms with Gasteiger partial charge in [-0.05, 0) is 176 Å². The lowest BCUT2D eigenvalue weighted by molar-refractivity contribution is 0.0464. The standard InChI is InChI=1S/C90H66N10O16/c1-43-71-51-39-52-48-20-16-36-106-88(102)68-32-13-31-67(91-68)87(101)105-35-15-19-47(51)55-41-57-49-21-17-37-107-89(103)69-33-14-34-70(92-69)90(104)108-38-18-22-50-54-40-53(49)73(111-81-85(99-65-29-11-7-25-61(65)95-81)115-77(57)45(3)75(55)113-83-79(109-71)93-59-23-5-9-27-63(59)97-83)44(2)74(54)112-82-86(100-66-30-12-8-26-62(66)96-82)116-78-46(4)76(56(48)42-58(50)78)114-84-80(110-72(43)52)94-60-24-6-10-28-64(60)98-84/h5-14,23-34,39-42,47-50H,15-22,35-38H2,1-4H3. The largest absolute Gasteiger partial charge is 0.461 e. The van der Waals surface area contributed by atoms with Gasteiger partial charge in [-0.25, -0.2) is 69.0 Å². The van der Waals surface area contributed by atoms with Crippen LogP contribution < -0.4 is 37.9 Å². The second kappa shape index (κ2) is 27.8. The molecule has 8 aromatic carbocycles. The van der Waals surface area contributed by atoms with E-state index in [9.17, 15) is 19.2 Å². The molecule has 26 nitrogen and oxygen atoms in total.